The fourth-order valence-electron chi connectivity index (χ4n) is 5.05. The van der Waals surface area contributed by atoms with Crippen LogP contribution in [0.15, 0.2) is 42.6 Å². The first-order valence-electron chi connectivity index (χ1n) is 12.0. The van der Waals surface area contributed by atoms with Gasteiger partial charge in [-0.3, -0.25) is 9.69 Å². The van der Waals surface area contributed by atoms with E-state index in [9.17, 15) is 9.59 Å². The molecular formula is C26H26Cl2N6O3. The van der Waals surface area contributed by atoms with Crippen molar-refractivity contribution >= 4 is 58.3 Å². The highest BCUT2D eigenvalue weighted by atomic mass is 35.5. The molecule has 2 aliphatic heterocycles. The van der Waals surface area contributed by atoms with Crippen molar-refractivity contribution in [3.05, 3.63) is 69.3 Å². The van der Waals surface area contributed by atoms with Crippen molar-refractivity contribution in [2.24, 2.45) is 0 Å². The van der Waals surface area contributed by atoms with Gasteiger partial charge in [-0.1, -0.05) is 41.4 Å². The monoisotopic (exact) mass is 540 g/mol. The Hall–Kier alpha value is -3.56. The SMILES string of the molecule is CCOC(=O)N1C2CCC1c1c(ccc(Nc3ncc(Cl)c(Nc4ccccc4C(=O)NC)n3)c1Cl)C2. The standard InChI is InChI=1S/C26H26Cl2N6O3/c1-3-37-26(36)34-15-9-11-20(34)21-14(12-15)8-10-19(22(21)28)32-25-30-13-17(27)23(33-25)31-18-7-5-4-6-16(18)24(35)29-2/h4-8,10,13,15,20H,3,9,11-12H2,1-2H3,(H,29,35)(H2,30,31,32,33). The van der Waals surface area contributed by atoms with Crippen molar-refractivity contribution in [1.82, 2.24) is 20.2 Å². The van der Waals surface area contributed by atoms with Gasteiger partial charge in [0.15, 0.2) is 5.82 Å². The molecule has 2 aromatic carbocycles. The maximum Gasteiger partial charge on any atom is 0.410 e. The van der Waals surface area contributed by atoms with Crippen LogP contribution in [0.3, 0.4) is 0 Å². The van der Waals surface area contributed by atoms with Crippen molar-refractivity contribution in [2.75, 3.05) is 24.3 Å². The van der Waals surface area contributed by atoms with Gasteiger partial charge in [0, 0.05) is 13.1 Å². The third kappa shape index (κ3) is 4.76. The number of aromatic nitrogens is 2. The summed E-state index contributed by atoms with van der Waals surface area (Å²) in [5.41, 5.74) is 3.69. The molecule has 2 unspecified atom stereocenters. The lowest BCUT2D eigenvalue weighted by atomic mass is 9.93. The quantitative estimate of drug-likeness (QED) is 0.359. The van der Waals surface area contributed by atoms with E-state index in [-0.39, 0.29) is 35.1 Å². The number of para-hydroxylation sites is 1. The number of nitrogens with one attached hydrogen (secondary N) is 3. The second-order valence-corrected chi connectivity index (χ2v) is 9.61. The number of hydrogen-bond acceptors (Lipinski definition) is 7. The Kier molecular flexibility index (Phi) is 7.08. The first-order valence-corrected chi connectivity index (χ1v) is 12.8. The molecule has 0 aliphatic carbocycles. The van der Waals surface area contributed by atoms with Gasteiger partial charge in [0.05, 0.1) is 40.8 Å². The van der Waals surface area contributed by atoms with Gasteiger partial charge in [-0.25, -0.2) is 9.78 Å². The number of halogens is 2. The molecular weight excluding hydrogens is 515 g/mol. The van der Waals surface area contributed by atoms with Crippen LogP contribution in [0.25, 0.3) is 0 Å². The molecule has 5 rings (SSSR count). The predicted octanol–water partition coefficient (Wildman–Crippen LogP) is 5.85. The Bertz CT molecular complexity index is 1370. The highest BCUT2D eigenvalue weighted by Crippen LogP contribution is 2.48. The van der Waals surface area contributed by atoms with Crippen molar-refractivity contribution in [3.63, 3.8) is 0 Å². The van der Waals surface area contributed by atoms with Crippen molar-refractivity contribution in [2.45, 2.75) is 38.3 Å². The van der Waals surface area contributed by atoms with Gasteiger partial charge in [0.1, 0.15) is 5.02 Å². The van der Waals surface area contributed by atoms with Crippen LogP contribution in [0.5, 0.6) is 0 Å². The lowest BCUT2D eigenvalue weighted by Crippen LogP contribution is -2.42. The molecule has 2 atom stereocenters. The third-order valence-corrected chi connectivity index (χ3v) is 7.37. The zero-order chi connectivity index (χ0) is 26.1. The van der Waals surface area contributed by atoms with Crippen molar-refractivity contribution in [1.29, 1.82) is 0 Å². The highest BCUT2D eigenvalue weighted by molar-refractivity contribution is 6.34. The molecule has 2 aliphatic rings. The van der Waals surface area contributed by atoms with E-state index in [0.29, 0.717) is 34.4 Å². The van der Waals surface area contributed by atoms with E-state index in [1.165, 1.54) is 6.20 Å². The topological polar surface area (TPSA) is 108 Å². The molecule has 3 heterocycles. The summed E-state index contributed by atoms with van der Waals surface area (Å²) < 4.78 is 5.31. The predicted molar refractivity (Wildman–Crippen MR) is 143 cm³/mol. The van der Waals surface area contributed by atoms with Crippen LogP contribution >= 0.6 is 23.2 Å². The molecule has 1 aromatic heterocycles. The van der Waals surface area contributed by atoms with Gasteiger partial charge in [0.2, 0.25) is 5.95 Å². The second-order valence-electron chi connectivity index (χ2n) is 8.82. The van der Waals surface area contributed by atoms with Crippen LogP contribution in [0.1, 0.15) is 47.3 Å². The molecule has 37 heavy (non-hydrogen) atoms. The van der Waals surface area contributed by atoms with Gasteiger partial charge in [0.25, 0.3) is 5.91 Å². The Balaban J connectivity index is 1.43. The number of benzene rings is 2. The molecule has 2 bridgehead atoms. The Morgan fingerprint density at radius 3 is 2.70 bits per heavy atom. The second kappa shape index (κ2) is 10.4. The van der Waals surface area contributed by atoms with E-state index in [1.807, 2.05) is 23.1 Å². The fourth-order valence-corrected chi connectivity index (χ4v) is 5.55. The number of rotatable bonds is 6. The number of hydrogen-bond donors (Lipinski definition) is 3. The summed E-state index contributed by atoms with van der Waals surface area (Å²) in [6.45, 7) is 2.13. The summed E-state index contributed by atoms with van der Waals surface area (Å²) in [6.07, 6.45) is 3.64. The lowest BCUT2D eigenvalue weighted by Gasteiger charge is -2.36. The minimum Gasteiger partial charge on any atom is -0.450 e. The zero-order valence-corrected chi connectivity index (χ0v) is 21.9. The molecule has 3 N–H and O–H groups in total. The third-order valence-electron chi connectivity index (χ3n) is 6.68. The Morgan fingerprint density at radius 1 is 1.11 bits per heavy atom. The molecule has 9 nitrogen and oxygen atoms in total. The van der Waals surface area contributed by atoms with Crippen LogP contribution in [0, 0.1) is 0 Å². The van der Waals surface area contributed by atoms with Crippen LogP contribution in [-0.4, -0.2) is 46.6 Å². The number of carbonyl (C=O) groups excluding carboxylic acids is 2. The smallest absolute Gasteiger partial charge is 0.410 e. The van der Waals surface area contributed by atoms with Crippen LogP contribution in [0.4, 0.5) is 27.9 Å². The van der Waals surface area contributed by atoms with E-state index in [0.717, 1.165) is 30.4 Å². The number of anilines is 4. The molecule has 192 valence electrons. The molecule has 1 saturated heterocycles. The summed E-state index contributed by atoms with van der Waals surface area (Å²) in [7, 11) is 1.57. The van der Waals surface area contributed by atoms with Crippen molar-refractivity contribution in [3.8, 4) is 0 Å². The average molecular weight is 541 g/mol. The number of ether oxygens (including phenoxy) is 1. The van der Waals surface area contributed by atoms with Gasteiger partial charge < -0.3 is 20.7 Å². The average Bonchev–Trinajstić information content (AvgIpc) is 3.21. The minimum atomic E-state index is -0.302. The van der Waals surface area contributed by atoms with Crippen LogP contribution < -0.4 is 16.0 Å². The van der Waals surface area contributed by atoms with E-state index in [4.69, 9.17) is 27.9 Å². The van der Waals surface area contributed by atoms with Gasteiger partial charge in [-0.15, -0.1) is 0 Å². The highest BCUT2D eigenvalue weighted by Gasteiger charge is 2.44. The van der Waals surface area contributed by atoms with Gasteiger partial charge in [-0.2, -0.15) is 4.98 Å². The van der Waals surface area contributed by atoms with Gasteiger partial charge in [-0.05, 0) is 55.5 Å². The maximum absolute atomic E-state index is 12.6. The van der Waals surface area contributed by atoms with Crippen molar-refractivity contribution < 1.29 is 14.3 Å². The zero-order valence-electron chi connectivity index (χ0n) is 20.3. The number of amides is 2. The maximum atomic E-state index is 12.6. The van der Waals surface area contributed by atoms with E-state index in [1.54, 1.807) is 32.2 Å². The molecule has 11 heteroatoms. The summed E-state index contributed by atoms with van der Waals surface area (Å²) >= 11 is 13.3. The molecule has 0 saturated carbocycles. The summed E-state index contributed by atoms with van der Waals surface area (Å²) in [4.78, 5) is 35.5. The lowest BCUT2D eigenvalue weighted by molar-refractivity contribution is 0.0838. The Labute approximate surface area is 224 Å². The van der Waals surface area contributed by atoms with Gasteiger partial charge >= 0.3 is 6.09 Å². The summed E-state index contributed by atoms with van der Waals surface area (Å²) in [5, 5.41) is 9.74. The number of nitrogens with zero attached hydrogens (tertiary/aromatic N) is 3. The molecule has 2 amide bonds. The number of carbonyl (C=O) groups is 2. The normalized spacial score (nSPS) is 17.7. The molecule has 0 spiro atoms. The Morgan fingerprint density at radius 2 is 1.92 bits per heavy atom. The number of fused-ring (bicyclic) bond motifs is 4. The first kappa shape index (κ1) is 25.1. The summed E-state index contributed by atoms with van der Waals surface area (Å²) in [6, 6.07) is 11.0. The summed E-state index contributed by atoms with van der Waals surface area (Å²) in [5.74, 6) is 0.365. The molecule has 1 fully saturated rings. The van der Waals surface area contributed by atoms with E-state index in [2.05, 4.69) is 25.9 Å². The molecule has 3 aromatic rings. The fraction of sp³-hybridized carbons (Fsp3) is 0.308. The van der Waals surface area contributed by atoms with E-state index < -0.39 is 0 Å². The minimum absolute atomic E-state index is 0.123. The molecule has 0 radical (unpaired) electrons. The van der Waals surface area contributed by atoms with Crippen LogP contribution in [-0.2, 0) is 11.2 Å². The van der Waals surface area contributed by atoms with E-state index >= 15 is 0 Å². The van der Waals surface area contributed by atoms with Crippen LogP contribution in [0.2, 0.25) is 10.0 Å². The largest absolute Gasteiger partial charge is 0.450 e. The first-order chi connectivity index (χ1) is 17.9.